The van der Waals surface area contributed by atoms with Crippen molar-refractivity contribution in [3.63, 3.8) is 0 Å². The number of aryl methyl sites for hydroxylation is 1. The molecule has 1 aliphatic heterocycles. The second kappa shape index (κ2) is 9.85. The molecule has 0 bridgehead atoms. The van der Waals surface area contributed by atoms with Gasteiger partial charge in [0.15, 0.2) is 0 Å². The molecule has 2 N–H and O–H groups in total. The van der Waals surface area contributed by atoms with E-state index in [0.717, 1.165) is 58.6 Å². The molecule has 0 fully saturated rings. The van der Waals surface area contributed by atoms with Crippen molar-refractivity contribution in [1.29, 1.82) is 0 Å². The molecule has 1 atom stereocenters. The molecule has 0 saturated heterocycles. The van der Waals surface area contributed by atoms with Gasteiger partial charge < -0.3 is 15.2 Å². The van der Waals surface area contributed by atoms with Gasteiger partial charge in [0.1, 0.15) is 11.8 Å². The highest BCUT2D eigenvalue weighted by molar-refractivity contribution is 5.81. The number of fused-ring (bicyclic) bond motifs is 3. The first-order chi connectivity index (χ1) is 18.1. The van der Waals surface area contributed by atoms with Gasteiger partial charge in [-0.05, 0) is 67.4 Å². The summed E-state index contributed by atoms with van der Waals surface area (Å²) < 4.78 is 7.75. The number of anilines is 1. The first-order valence-electron chi connectivity index (χ1n) is 12.4. The number of nitrogens with zero attached hydrogens (tertiary/aromatic N) is 5. The van der Waals surface area contributed by atoms with E-state index < -0.39 is 12.0 Å². The van der Waals surface area contributed by atoms with Gasteiger partial charge in [0.2, 0.25) is 0 Å². The van der Waals surface area contributed by atoms with Crippen LogP contribution in [0.5, 0.6) is 5.75 Å². The summed E-state index contributed by atoms with van der Waals surface area (Å²) in [5.74, 6) is -0.190. The zero-order valence-electron chi connectivity index (χ0n) is 20.2. The van der Waals surface area contributed by atoms with Crippen LogP contribution in [0, 0.1) is 0 Å². The number of pyridine rings is 3. The zero-order valence-corrected chi connectivity index (χ0v) is 20.2. The molecule has 4 aromatic heterocycles. The standard InChI is InChI=1S/C28H26N6O3/c35-28(36)16-27(25-9-8-22-24(33-25)4-2-13-30-22)34-26-10-6-20(15-18(26)17-31-34)37-14-11-19-5-7-21-23(32-19)3-1-12-29-21/h2,4-10,13,15,17,27,29H,1,3,11-12,14,16H2,(H,35,36). The molecule has 0 aliphatic carbocycles. The van der Waals surface area contributed by atoms with Crippen LogP contribution in [-0.4, -0.2) is 49.0 Å². The van der Waals surface area contributed by atoms with Gasteiger partial charge in [-0.3, -0.25) is 19.4 Å². The van der Waals surface area contributed by atoms with Crippen molar-refractivity contribution < 1.29 is 14.6 Å². The van der Waals surface area contributed by atoms with E-state index in [0.29, 0.717) is 24.2 Å². The number of rotatable bonds is 8. The Bertz CT molecular complexity index is 1600. The molecule has 5 aromatic rings. The third-order valence-electron chi connectivity index (χ3n) is 6.61. The number of carboxylic acids is 1. The lowest BCUT2D eigenvalue weighted by Crippen LogP contribution is -2.17. The molecule has 0 radical (unpaired) electrons. The van der Waals surface area contributed by atoms with Crippen LogP contribution in [0.25, 0.3) is 21.9 Å². The molecular weight excluding hydrogens is 468 g/mol. The molecule has 0 amide bonds. The summed E-state index contributed by atoms with van der Waals surface area (Å²) in [6.07, 6.45) is 6.13. The van der Waals surface area contributed by atoms with Gasteiger partial charge in [0.25, 0.3) is 0 Å². The fraction of sp³-hybridized carbons (Fsp3) is 0.250. The topological polar surface area (TPSA) is 115 Å². The van der Waals surface area contributed by atoms with E-state index in [4.69, 9.17) is 9.72 Å². The second-order valence-electron chi connectivity index (χ2n) is 9.13. The molecule has 37 heavy (non-hydrogen) atoms. The molecular formula is C28H26N6O3. The lowest BCUT2D eigenvalue weighted by atomic mass is 10.1. The Hall–Kier alpha value is -4.53. The maximum atomic E-state index is 11.7. The number of ether oxygens (including phenoxy) is 1. The van der Waals surface area contributed by atoms with Crippen LogP contribution >= 0.6 is 0 Å². The van der Waals surface area contributed by atoms with Crippen molar-refractivity contribution in [1.82, 2.24) is 24.7 Å². The minimum atomic E-state index is -0.923. The third kappa shape index (κ3) is 4.80. The fourth-order valence-electron chi connectivity index (χ4n) is 4.80. The average molecular weight is 495 g/mol. The third-order valence-corrected chi connectivity index (χ3v) is 6.61. The van der Waals surface area contributed by atoms with Gasteiger partial charge in [-0.25, -0.2) is 4.98 Å². The summed E-state index contributed by atoms with van der Waals surface area (Å²) in [5.41, 5.74) is 6.20. The minimum Gasteiger partial charge on any atom is -0.493 e. The number of carboxylic acid groups (broad SMARTS) is 1. The van der Waals surface area contributed by atoms with E-state index >= 15 is 0 Å². The van der Waals surface area contributed by atoms with Gasteiger partial charge in [-0.1, -0.05) is 0 Å². The molecule has 0 saturated carbocycles. The fourth-order valence-corrected chi connectivity index (χ4v) is 4.80. The number of aliphatic carboxylic acids is 1. The number of hydrogen-bond acceptors (Lipinski definition) is 7. The number of hydrogen-bond donors (Lipinski definition) is 2. The Kier molecular flexibility index (Phi) is 6.10. The molecule has 9 heteroatoms. The highest BCUT2D eigenvalue weighted by atomic mass is 16.5. The minimum absolute atomic E-state index is 0.142. The van der Waals surface area contributed by atoms with Crippen LogP contribution in [0.15, 0.2) is 67.0 Å². The summed E-state index contributed by atoms with van der Waals surface area (Å²) in [7, 11) is 0. The Balaban J connectivity index is 1.21. The molecule has 6 rings (SSSR count). The maximum absolute atomic E-state index is 11.7. The first kappa shape index (κ1) is 22.9. The van der Waals surface area contributed by atoms with Crippen molar-refractivity contribution in [2.45, 2.75) is 31.7 Å². The highest BCUT2D eigenvalue weighted by Gasteiger charge is 2.22. The highest BCUT2D eigenvalue weighted by Crippen LogP contribution is 2.29. The van der Waals surface area contributed by atoms with Crippen molar-refractivity contribution in [3.8, 4) is 5.75 Å². The van der Waals surface area contributed by atoms with Crippen LogP contribution in [-0.2, 0) is 17.6 Å². The van der Waals surface area contributed by atoms with E-state index in [1.165, 1.54) is 0 Å². The summed E-state index contributed by atoms with van der Waals surface area (Å²) >= 11 is 0. The van der Waals surface area contributed by atoms with Crippen molar-refractivity contribution in [2.24, 2.45) is 0 Å². The van der Waals surface area contributed by atoms with Crippen LogP contribution < -0.4 is 10.1 Å². The normalized spacial score (nSPS) is 13.7. The zero-order chi connectivity index (χ0) is 25.2. The first-order valence-corrected chi connectivity index (χ1v) is 12.4. The molecule has 1 aliphatic rings. The monoisotopic (exact) mass is 494 g/mol. The van der Waals surface area contributed by atoms with Crippen LogP contribution in [0.1, 0.15) is 36.0 Å². The van der Waals surface area contributed by atoms with Gasteiger partial charge in [-0.15, -0.1) is 0 Å². The Morgan fingerprint density at radius 3 is 2.97 bits per heavy atom. The number of aromatic nitrogens is 5. The lowest BCUT2D eigenvalue weighted by Gasteiger charge is -2.17. The van der Waals surface area contributed by atoms with Gasteiger partial charge in [-0.2, -0.15) is 5.10 Å². The molecule has 1 aromatic carbocycles. The van der Waals surface area contributed by atoms with Crippen LogP contribution in [0.2, 0.25) is 0 Å². The Labute approximate surface area is 213 Å². The van der Waals surface area contributed by atoms with Crippen molar-refractivity contribution in [3.05, 3.63) is 84.1 Å². The van der Waals surface area contributed by atoms with E-state index in [1.54, 1.807) is 17.1 Å². The van der Waals surface area contributed by atoms with E-state index in [9.17, 15) is 9.90 Å². The van der Waals surface area contributed by atoms with Crippen molar-refractivity contribution >= 4 is 33.6 Å². The average Bonchev–Trinajstić information content (AvgIpc) is 3.34. The number of nitrogens with one attached hydrogen (secondary N) is 1. The van der Waals surface area contributed by atoms with E-state index in [2.05, 4.69) is 26.4 Å². The predicted octanol–water partition coefficient (Wildman–Crippen LogP) is 4.42. The Morgan fingerprint density at radius 2 is 2.05 bits per heavy atom. The lowest BCUT2D eigenvalue weighted by molar-refractivity contribution is -0.137. The largest absolute Gasteiger partial charge is 0.493 e. The molecule has 1 unspecified atom stereocenters. The van der Waals surface area contributed by atoms with E-state index in [1.807, 2.05) is 48.5 Å². The summed E-state index contributed by atoms with van der Waals surface area (Å²) in [6, 6.07) is 16.7. The second-order valence-corrected chi connectivity index (χ2v) is 9.13. The summed E-state index contributed by atoms with van der Waals surface area (Å²) in [4.78, 5) is 25.5. The smallest absolute Gasteiger partial charge is 0.305 e. The SMILES string of the molecule is O=C(O)CC(c1ccc2ncccc2n1)n1ncc2cc(OCCc3ccc4c(n3)CCCN4)ccc21. The van der Waals surface area contributed by atoms with Gasteiger partial charge >= 0.3 is 5.97 Å². The quantitative estimate of drug-likeness (QED) is 0.326. The molecule has 9 nitrogen and oxygen atoms in total. The molecule has 5 heterocycles. The van der Waals surface area contributed by atoms with Gasteiger partial charge in [0, 0.05) is 30.2 Å². The Morgan fingerprint density at radius 1 is 1.11 bits per heavy atom. The van der Waals surface area contributed by atoms with Crippen LogP contribution in [0.4, 0.5) is 5.69 Å². The van der Waals surface area contributed by atoms with E-state index in [-0.39, 0.29) is 6.42 Å². The molecule has 186 valence electrons. The number of carbonyl (C=O) groups is 1. The van der Waals surface area contributed by atoms with Crippen LogP contribution in [0.3, 0.4) is 0 Å². The van der Waals surface area contributed by atoms with Gasteiger partial charge in [0.05, 0.1) is 52.8 Å². The predicted molar refractivity (Wildman–Crippen MR) is 140 cm³/mol. The maximum Gasteiger partial charge on any atom is 0.305 e. The van der Waals surface area contributed by atoms with Crippen molar-refractivity contribution in [2.75, 3.05) is 18.5 Å². The summed E-state index contributed by atoms with van der Waals surface area (Å²) in [6.45, 7) is 1.51. The number of benzene rings is 1. The summed E-state index contributed by atoms with van der Waals surface area (Å²) in [5, 5.41) is 18.4. The molecule has 0 spiro atoms.